The number of nitriles is 1. The molecule has 0 bridgehead atoms. The van der Waals surface area contributed by atoms with Crippen LogP contribution in [0.3, 0.4) is 0 Å². The number of hydrogen-bond donors (Lipinski definition) is 0. The van der Waals surface area contributed by atoms with Crippen LogP contribution in [-0.4, -0.2) is 89.1 Å². The second-order valence-corrected chi connectivity index (χ2v) is 11.7. The number of carbonyl (C=O) groups is 2. The highest BCUT2D eigenvalue weighted by molar-refractivity contribution is 7.80. The smallest absolute Gasteiger partial charge is 0.384 e. The fourth-order valence-corrected chi connectivity index (χ4v) is 6.08. The second-order valence-electron chi connectivity index (χ2n) is 11.4. The first kappa shape index (κ1) is 32.8. The van der Waals surface area contributed by atoms with Crippen LogP contribution >= 0.6 is 12.2 Å². The maximum Gasteiger partial charge on any atom is 0.417 e. The van der Waals surface area contributed by atoms with Crippen molar-refractivity contribution >= 4 is 34.8 Å². The molecular formula is C29H40F3N5O3S. The Morgan fingerprint density at radius 3 is 2.39 bits per heavy atom. The van der Waals surface area contributed by atoms with E-state index in [0.717, 1.165) is 55.8 Å². The zero-order valence-corrected chi connectivity index (χ0v) is 25.3. The van der Waals surface area contributed by atoms with Crippen molar-refractivity contribution in [3.8, 4) is 6.07 Å². The first-order valence-corrected chi connectivity index (χ1v) is 14.4. The molecule has 0 saturated carbocycles. The number of carbonyl (C=O) groups excluding carboxylic acids is 2. The quantitative estimate of drug-likeness (QED) is 0.268. The fraction of sp³-hybridized carbons (Fsp3) is 0.655. The number of benzene rings is 1. The molecule has 0 unspecified atom stereocenters. The summed E-state index contributed by atoms with van der Waals surface area (Å²) in [5, 5.41) is 9.26. The molecule has 2 heterocycles. The van der Waals surface area contributed by atoms with Crippen LogP contribution in [0.25, 0.3) is 0 Å². The third kappa shape index (κ3) is 7.37. The van der Waals surface area contributed by atoms with Gasteiger partial charge in [-0.3, -0.25) is 19.4 Å². The number of thiocarbonyl (C=S) groups is 1. The molecule has 2 aliphatic rings. The third-order valence-electron chi connectivity index (χ3n) is 8.04. The van der Waals surface area contributed by atoms with Gasteiger partial charge in [-0.25, -0.2) is 0 Å². The number of anilines is 1. The number of rotatable bonds is 11. The Balaban J connectivity index is 1.51. The summed E-state index contributed by atoms with van der Waals surface area (Å²) in [5.41, 5.74) is -2.59. The largest absolute Gasteiger partial charge is 0.417 e. The highest BCUT2D eigenvalue weighted by atomic mass is 32.1. The SMILES string of the molecule is COCCC(=O)N1C[C@@H](C)N(CCCCCCN2C(=S)N(c3ccc(C#N)c(C(F)(F)F)c3)C(=O)C2(C)C)C[C@@H]1C. The van der Waals surface area contributed by atoms with Crippen molar-refractivity contribution in [2.45, 2.75) is 83.6 Å². The van der Waals surface area contributed by atoms with Gasteiger partial charge in [0.2, 0.25) is 5.91 Å². The predicted molar refractivity (Wildman–Crippen MR) is 154 cm³/mol. The van der Waals surface area contributed by atoms with Gasteiger partial charge in [0.15, 0.2) is 5.11 Å². The maximum atomic E-state index is 13.5. The van der Waals surface area contributed by atoms with Gasteiger partial charge in [-0.15, -0.1) is 0 Å². The minimum Gasteiger partial charge on any atom is -0.384 e. The number of alkyl halides is 3. The Morgan fingerprint density at radius 2 is 1.78 bits per heavy atom. The van der Waals surface area contributed by atoms with Crippen molar-refractivity contribution in [2.24, 2.45) is 0 Å². The van der Waals surface area contributed by atoms with E-state index in [1.54, 1.807) is 31.9 Å². The molecule has 0 aliphatic carbocycles. The Labute approximate surface area is 246 Å². The third-order valence-corrected chi connectivity index (χ3v) is 8.45. The maximum absolute atomic E-state index is 13.5. The number of ether oxygens (including phenoxy) is 1. The van der Waals surface area contributed by atoms with Crippen LogP contribution in [-0.2, 0) is 20.5 Å². The zero-order valence-electron chi connectivity index (χ0n) is 24.5. The first-order valence-electron chi connectivity index (χ1n) is 14.0. The molecule has 8 nitrogen and oxygen atoms in total. The molecule has 2 saturated heterocycles. The summed E-state index contributed by atoms with van der Waals surface area (Å²) >= 11 is 5.57. The molecule has 2 atom stereocenters. The molecule has 0 aromatic heterocycles. The van der Waals surface area contributed by atoms with Crippen molar-refractivity contribution < 1.29 is 27.5 Å². The Morgan fingerprint density at radius 1 is 1.12 bits per heavy atom. The van der Waals surface area contributed by atoms with Crippen molar-refractivity contribution in [1.29, 1.82) is 5.26 Å². The molecule has 2 fully saturated rings. The van der Waals surface area contributed by atoms with Crippen molar-refractivity contribution in [3.05, 3.63) is 29.3 Å². The number of unbranched alkanes of at least 4 members (excludes halogenated alkanes) is 3. The number of halogens is 3. The van der Waals surface area contributed by atoms with Gasteiger partial charge in [0.05, 0.1) is 35.9 Å². The van der Waals surface area contributed by atoms with E-state index in [0.29, 0.717) is 26.1 Å². The lowest BCUT2D eigenvalue weighted by Gasteiger charge is -2.44. The molecule has 2 aliphatic heterocycles. The number of nitrogens with zero attached hydrogens (tertiary/aromatic N) is 5. The second kappa shape index (κ2) is 13.5. The summed E-state index contributed by atoms with van der Waals surface area (Å²) in [5.74, 6) is -0.270. The Kier molecular flexibility index (Phi) is 10.8. The van der Waals surface area contributed by atoms with Crippen LogP contribution in [0.15, 0.2) is 18.2 Å². The summed E-state index contributed by atoms with van der Waals surface area (Å²) in [6.07, 6.45) is -0.657. The minimum atomic E-state index is -4.73. The van der Waals surface area contributed by atoms with E-state index < -0.39 is 28.7 Å². The van der Waals surface area contributed by atoms with Gasteiger partial charge in [0.25, 0.3) is 5.91 Å². The lowest BCUT2D eigenvalue weighted by molar-refractivity contribution is -0.138. The van der Waals surface area contributed by atoms with E-state index >= 15 is 0 Å². The highest BCUT2D eigenvalue weighted by Crippen LogP contribution is 2.38. The van der Waals surface area contributed by atoms with Gasteiger partial charge < -0.3 is 14.5 Å². The van der Waals surface area contributed by atoms with E-state index in [9.17, 15) is 22.8 Å². The van der Waals surface area contributed by atoms with Gasteiger partial charge in [0, 0.05) is 38.8 Å². The zero-order chi connectivity index (χ0) is 30.5. The van der Waals surface area contributed by atoms with E-state index in [-0.39, 0.29) is 28.8 Å². The van der Waals surface area contributed by atoms with E-state index in [1.165, 1.54) is 6.07 Å². The number of piperazine rings is 1. The van der Waals surface area contributed by atoms with E-state index in [4.69, 9.17) is 22.2 Å². The molecule has 1 aromatic rings. The standard InChI is InChI=1S/C29H40F3N5O3S/c1-20-19-35(25(38)12-15-40-5)21(2)18-34(20)13-8-6-7-9-14-36-27(41)37(26(39)28(36,3)4)23-11-10-22(17-33)24(16-23)29(30,31)32/h10-11,16,20-21H,6-9,12-15,18-19H2,1-5H3/t20-,21+/m1/s1. The lowest BCUT2D eigenvalue weighted by atomic mass is 10.0. The van der Waals surface area contributed by atoms with Crippen LogP contribution in [0.1, 0.15) is 70.9 Å². The average molecular weight is 596 g/mol. The van der Waals surface area contributed by atoms with Crippen LogP contribution in [0.4, 0.5) is 18.9 Å². The van der Waals surface area contributed by atoms with Gasteiger partial charge in [-0.2, -0.15) is 18.4 Å². The molecule has 1 aromatic carbocycles. The molecule has 0 spiro atoms. The van der Waals surface area contributed by atoms with E-state index in [2.05, 4.69) is 18.7 Å². The minimum absolute atomic E-state index is 0.00532. The summed E-state index contributed by atoms with van der Waals surface area (Å²) in [4.78, 5) is 33.0. The number of methoxy groups -OCH3 is 1. The highest BCUT2D eigenvalue weighted by Gasteiger charge is 2.49. The molecule has 226 valence electrons. The Hall–Kier alpha value is -2.75. The first-order chi connectivity index (χ1) is 19.2. The van der Waals surface area contributed by atoms with Crippen molar-refractivity contribution in [1.82, 2.24) is 14.7 Å². The summed E-state index contributed by atoms with van der Waals surface area (Å²) in [6, 6.07) is 5.21. The summed E-state index contributed by atoms with van der Waals surface area (Å²) < 4.78 is 45.6. The van der Waals surface area contributed by atoms with Gasteiger partial charge in [-0.05, 0) is 77.5 Å². The number of hydrogen-bond acceptors (Lipinski definition) is 6. The molecule has 12 heteroatoms. The monoisotopic (exact) mass is 595 g/mol. The predicted octanol–water partition coefficient (Wildman–Crippen LogP) is 4.81. The van der Waals surface area contributed by atoms with Crippen LogP contribution < -0.4 is 4.90 Å². The van der Waals surface area contributed by atoms with Crippen LogP contribution in [0, 0.1) is 11.3 Å². The molecule has 0 N–H and O–H groups in total. The van der Waals surface area contributed by atoms with E-state index in [1.807, 2.05) is 4.90 Å². The molecule has 41 heavy (non-hydrogen) atoms. The fourth-order valence-electron chi connectivity index (χ4n) is 5.57. The van der Waals surface area contributed by atoms with Crippen molar-refractivity contribution in [3.63, 3.8) is 0 Å². The molecular weight excluding hydrogens is 555 g/mol. The summed E-state index contributed by atoms with van der Waals surface area (Å²) in [6.45, 7) is 11.1. The molecule has 2 amide bonds. The average Bonchev–Trinajstić information content (AvgIpc) is 3.08. The van der Waals surface area contributed by atoms with Crippen LogP contribution in [0.5, 0.6) is 0 Å². The molecule has 0 radical (unpaired) electrons. The molecule has 3 rings (SSSR count). The van der Waals surface area contributed by atoms with Gasteiger partial charge >= 0.3 is 6.18 Å². The normalized spacial score (nSPS) is 21.5. The van der Waals surface area contributed by atoms with Gasteiger partial charge in [-0.1, -0.05) is 12.8 Å². The summed E-state index contributed by atoms with van der Waals surface area (Å²) in [7, 11) is 1.60. The number of amides is 2. The topological polar surface area (TPSA) is 80.1 Å². The Bertz CT molecular complexity index is 1170. The lowest BCUT2D eigenvalue weighted by Crippen LogP contribution is -2.58. The van der Waals surface area contributed by atoms with Crippen LogP contribution in [0.2, 0.25) is 0 Å². The van der Waals surface area contributed by atoms with Gasteiger partial charge in [0.1, 0.15) is 5.54 Å². The van der Waals surface area contributed by atoms with Crippen molar-refractivity contribution in [2.75, 3.05) is 44.8 Å².